The zero-order valence-corrected chi connectivity index (χ0v) is 12.3. The van der Waals surface area contributed by atoms with Gasteiger partial charge in [0, 0.05) is 22.5 Å². The molecule has 0 saturated carbocycles. The zero-order chi connectivity index (χ0) is 15.1. The van der Waals surface area contributed by atoms with Gasteiger partial charge in [0.25, 0.3) is 0 Å². The number of nitrogens with zero attached hydrogens (tertiary/aromatic N) is 1. The van der Waals surface area contributed by atoms with Crippen LogP contribution in [0.25, 0.3) is 5.70 Å². The fourth-order valence-corrected chi connectivity index (χ4v) is 1.72. The molecule has 0 bridgehead atoms. The molecule has 0 fully saturated rings. The molecule has 0 aliphatic carbocycles. The van der Waals surface area contributed by atoms with E-state index in [9.17, 15) is 0 Å². The summed E-state index contributed by atoms with van der Waals surface area (Å²) >= 11 is 0. The third kappa shape index (κ3) is 4.29. The quantitative estimate of drug-likeness (QED) is 0.632. The Bertz CT molecular complexity index is 625. The highest BCUT2D eigenvalue weighted by molar-refractivity contribution is 5.67. The van der Waals surface area contributed by atoms with Gasteiger partial charge in [-0.15, -0.1) is 0 Å². The molecular weight excluding hydrogens is 244 g/mol. The number of aryl methyl sites for hydroxylation is 2. The van der Waals surface area contributed by atoms with Gasteiger partial charge in [-0.1, -0.05) is 30.9 Å². The minimum Gasteiger partial charge on any atom is -0.356 e. The van der Waals surface area contributed by atoms with Crippen LogP contribution in [-0.4, -0.2) is 0 Å². The number of hydrogen-bond acceptors (Lipinski definition) is 2. The van der Waals surface area contributed by atoms with E-state index in [4.69, 9.17) is 5.26 Å². The molecule has 0 saturated heterocycles. The molecule has 0 unspecified atom stereocenters. The first-order valence-corrected chi connectivity index (χ1v) is 6.42. The summed E-state index contributed by atoms with van der Waals surface area (Å²) in [4.78, 5) is 0. The fourth-order valence-electron chi connectivity index (χ4n) is 1.72. The molecule has 0 heterocycles. The first kappa shape index (κ1) is 15.5. The first-order chi connectivity index (χ1) is 9.47. The largest absolute Gasteiger partial charge is 0.356 e. The van der Waals surface area contributed by atoms with Crippen LogP contribution in [0.3, 0.4) is 0 Å². The van der Waals surface area contributed by atoms with Crippen LogP contribution in [0.5, 0.6) is 0 Å². The van der Waals surface area contributed by atoms with Crippen molar-refractivity contribution in [3.05, 3.63) is 77.5 Å². The Kier molecular flexibility index (Phi) is 5.56. The van der Waals surface area contributed by atoms with Crippen LogP contribution >= 0.6 is 0 Å². The van der Waals surface area contributed by atoms with Crippen molar-refractivity contribution in [3.8, 4) is 6.07 Å². The van der Waals surface area contributed by atoms with Gasteiger partial charge in [0.15, 0.2) is 0 Å². The Labute approximate surface area is 121 Å². The van der Waals surface area contributed by atoms with Crippen LogP contribution in [0.15, 0.2) is 60.9 Å². The summed E-state index contributed by atoms with van der Waals surface area (Å²) in [6.07, 6.45) is 5.28. The molecule has 1 aromatic carbocycles. The Hall–Kier alpha value is -2.53. The highest BCUT2D eigenvalue weighted by Gasteiger charge is 2.03. The summed E-state index contributed by atoms with van der Waals surface area (Å²) in [5.41, 5.74) is 5.71. The molecule has 20 heavy (non-hydrogen) atoms. The standard InChI is InChI=1S/C18H20N2/c1-6-17(10-8-14(3)12-19)20-16(5)18-11-13(2)7-9-15(18)4/h6-11,20H,1,5H2,2-4H3/b14-8+,17-10+. The molecule has 1 N–H and O–H groups in total. The molecule has 0 aliphatic rings. The lowest BCUT2D eigenvalue weighted by Gasteiger charge is -2.13. The van der Waals surface area contributed by atoms with Crippen molar-refractivity contribution in [2.24, 2.45) is 0 Å². The Morgan fingerprint density at radius 2 is 2.00 bits per heavy atom. The van der Waals surface area contributed by atoms with E-state index >= 15 is 0 Å². The second-order valence-electron chi connectivity index (χ2n) is 4.71. The second kappa shape index (κ2) is 7.16. The summed E-state index contributed by atoms with van der Waals surface area (Å²) in [6.45, 7) is 13.7. The average Bonchev–Trinajstić information content (AvgIpc) is 2.45. The molecule has 1 aromatic rings. The maximum atomic E-state index is 8.74. The van der Waals surface area contributed by atoms with Crippen molar-refractivity contribution < 1.29 is 0 Å². The highest BCUT2D eigenvalue weighted by Crippen LogP contribution is 2.18. The summed E-state index contributed by atoms with van der Waals surface area (Å²) in [5.74, 6) is 0. The van der Waals surface area contributed by atoms with Crippen LogP contribution in [-0.2, 0) is 0 Å². The molecule has 0 amide bonds. The summed E-state index contributed by atoms with van der Waals surface area (Å²) in [5, 5.41) is 12.0. The number of rotatable bonds is 5. The van der Waals surface area contributed by atoms with E-state index < -0.39 is 0 Å². The number of hydrogen-bond donors (Lipinski definition) is 1. The van der Waals surface area contributed by atoms with Crippen LogP contribution in [0.4, 0.5) is 0 Å². The van der Waals surface area contributed by atoms with E-state index in [0.29, 0.717) is 5.57 Å². The number of nitriles is 1. The number of benzene rings is 1. The predicted molar refractivity (Wildman–Crippen MR) is 85.7 cm³/mol. The molecular formula is C18H20N2. The molecule has 2 nitrogen and oxygen atoms in total. The highest BCUT2D eigenvalue weighted by atomic mass is 14.9. The molecule has 0 aromatic heterocycles. The normalized spacial score (nSPS) is 11.7. The molecule has 0 atom stereocenters. The van der Waals surface area contributed by atoms with Crippen LogP contribution in [0.1, 0.15) is 23.6 Å². The zero-order valence-electron chi connectivity index (χ0n) is 12.3. The van der Waals surface area contributed by atoms with E-state index in [1.165, 1.54) is 11.1 Å². The maximum Gasteiger partial charge on any atom is 0.0944 e. The van der Waals surface area contributed by atoms with Crippen molar-refractivity contribution in [3.63, 3.8) is 0 Å². The van der Waals surface area contributed by atoms with Gasteiger partial charge in [0.1, 0.15) is 0 Å². The summed E-state index contributed by atoms with van der Waals surface area (Å²) in [6, 6.07) is 8.33. The molecule has 0 spiro atoms. The second-order valence-corrected chi connectivity index (χ2v) is 4.71. The van der Waals surface area contributed by atoms with Crippen molar-refractivity contribution >= 4 is 5.70 Å². The van der Waals surface area contributed by atoms with E-state index in [-0.39, 0.29) is 0 Å². The Morgan fingerprint density at radius 1 is 1.30 bits per heavy atom. The van der Waals surface area contributed by atoms with Crippen LogP contribution in [0.2, 0.25) is 0 Å². The van der Waals surface area contributed by atoms with Gasteiger partial charge in [-0.25, -0.2) is 0 Å². The molecule has 102 valence electrons. The van der Waals surface area contributed by atoms with Gasteiger partial charge in [-0.3, -0.25) is 0 Å². The SMILES string of the molecule is C=C/C(=C\C=C(/C)C#N)NC(=C)c1cc(C)ccc1C. The lowest BCUT2D eigenvalue weighted by molar-refractivity contribution is 1.13. The lowest BCUT2D eigenvalue weighted by Crippen LogP contribution is -2.10. The maximum absolute atomic E-state index is 8.74. The molecule has 0 radical (unpaired) electrons. The van der Waals surface area contributed by atoms with Gasteiger partial charge in [-0.05, 0) is 50.6 Å². The summed E-state index contributed by atoms with van der Waals surface area (Å²) in [7, 11) is 0. The lowest BCUT2D eigenvalue weighted by atomic mass is 10.0. The topological polar surface area (TPSA) is 35.8 Å². The number of nitrogens with one attached hydrogen (secondary N) is 1. The van der Waals surface area contributed by atoms with Crippen LogP contribution in [0, 0.1) is 25.2 Å². The van der Waals surface area contributed by atoms with Crippen molar-refractivity contribution in [1.29, 1.82) is 5.26 Å². The summed E-state index contributed by atoms with van der Waals surface area (Å²) < 4.78 is 0. The van der Waals surface area contributed by atoms with Gasteiger partial charge in [-0.2, -0.15) is 5.26 Å². The minimum absolute atomic E-state index is 0.642. The van der Waals surface area contributed by atoms with Crippen molar-refractivity contribution in [1.82, 2.24) is 5.32 Å². The predicted octanol–water partition coefficient (Wildman–Crippen LogP) is 4.40. The number of allylic oxidation sites excluding steroid dienone is 4. The van der Waals surface area contributed by atoms with Gasteiger partial charge in [0.2, 0.25) is 0 Å². The molecule has 0 aliphatic heterocycles. The first-order valence-electron chi connectivity index (χ1n) is 6.42. The van der Waals surface area contributed by atoms with E-state index in [1.54, 1.807) is 19.1 Å². The fraction of sp³-hybridized carbons (Fsp3) is 0.167. The van der Waals surface area contributed by atoms with E-state index in [0.717, 1.165) is 17.0 Å². The van der Waals surface area contributed by atoms with E-state index in [2.05, 4.69) is 56.6 Å². The Morgan fingerprint density at radius 3 is 2.60 bits per heavy atom. The van der Waals surface area contributed by atoms with Gasteiger partial charge in [0.05, 0.1) is 6.07 Å². The van der Waals surface area contributed by atoms with Gasteiger partial charge >= 0.3 is 0 Å². The molecule has 2 heteroatoms. The van der Waals surface area contributed by atoms with Crippen LogP contribution < -0.4 is 5.32 Å². The van der Waals surface area contributed by atoms with Crippen molar-refractivity contribution in [2.75, 3.05) is 0 Å². The minimum atomic E-state index is 0.642. The van der Waals surface area contributed by atoms with Gasteiger partial charge < -0.3 is 5.32 Å². The Balaban J connectivity index is 2.96. The van der Waals surface area contributed by atoms with E-state index in [1.807, 2.05) is 6.08 Å². The third-order valence-corrected chi connectivity index (χ3v) is 2.92. The smallest absolute Gasteiger partial charge is 0.0944 e. The monoisotopic (exact) mass is 264 g/mol. The van der Waals surface area contributed by atoms with Crippen molar-refractivity contribution in [2.45, 2.75) is 20.8 Å². The molecule has 1 rings (SSSR count). The third-order valence-electron chi connectivity index (χ3n) is 2.92. The average molecular weight is 264 g/mol.